The molecule has 3 heteroatoms. The summed E-state index contributed by atoms with van der Waals surface area (Å²) in [6, 6.07) is 10.5. The van der Waals surface area contributed by atoms with E-state index in [2.05, 4.69) is 61.5 Å². The van der Waals surface area contributed by atoms with Crippen LogP contribution in [0.25, 0.3) is 0 Å². The van der Waals surface area contributed by atoms with Gasteiger partial charge < -0.3 is 4.90 Å². The smallest absolute Gasteiger partial charge is 0.0452 e. The fourth-order valence-electron chi connectivity index (χ4n) is 9.62. The zero-order valence-corrected chi connectivity index (χ0v) is 28.3. The highest BCUT2D eigenvalue weighted by Crippen LogP contribution is 2.65. The van der Waals surface area contributed by atoms with E-state index >= 15 is 0 Å². The van der Waals surface area contributed by atoms with E-state index in [9.17, 15) is 0 Å². The second-order valence-electron chi connectivity index (χ2n) is 14.5. The van der Waals surface area contributed by atoms with Crippen LogP contribution in [-0.4, -0.2) is 41.6 Å². The molecule has 1 nitrogen and oxygen atoms in total. The SMILES string of the molecule is CN(C)[C@H](c1ccccc1P(C1CCCCC1)C1CCCCC1)C1C=CC=C1P(C1CCCCC1)C1CCCCC1. The van der Waals surface area contributed by atoms with Crippen LogP contribution >= 0.6 is 15.8 Å². The highest BCUT2D eigenvalue weighted by Gasteiger charge is 2.41. The molecule has 0 N–H and O–H groups in total. The number of rotatable bonds is 9. The molecule has 0 aliphatic heterocycles. The highest BCUT2D eigenvalue weighted by molar-refractivity contribution is 7.67. The summed E-state index contributed by atoms with van der Waals surface area (Å²) in [4.78, 5) is 2.64. The lowest BCUT2D eigenvalue weighted by molar-refractivity contribution is 0.266. The van der Waals surface area contributed by atoms with Crippen molar-refractivity contribution in [3.63, 3.8) is 0 Å². The van der Waals surface area contributed by atoms with E-state index in [0.29, 0.717) is 12.0 Å². The van der Waals surface area contributed by atoms with Crippen molar-refractivity contribution in [3.8, 4) is 0 Å². The predicted octanol–water partition coefficient (Wildman–Crippen LogP) is 11.3. The van der Waals surface area contributed by atoms with Crippen molar-refractivity contribution < 1.29 is 0 Å². The number of benzene rings is 1. The first-order chi connectivity index (χ1) is 20.2. The van der Waals surface area contributed by atoms with Gasteiger partial charge in [-0.05, 0) is 104 Å². The van der Waals surface area contributed by atoms with Crippen LogP contribution in [0.5, 0.6) is 0 Å². The summed E-state index contributed by atoms with van der Waals surface area (Å²) in [6.07, 6.45) is 37.5. The molecule has 0 spiro atoms. The largest absolute Gasteiger partial charge is 0.301 e. The van der Waals surface area contributed by atoms with E-state index in [1.165, 1.54) is 128 Å². The van der Waals surface area contributed by atoms with Crippen molar-refractivity contribution in [2.75, 3.05) is 14.1 Å². The molecule has 226 valence electrons. The molecule has 1 aromatic carbocycles. The van der Waals surface area contributed by atoms with Gasteiger partial charge in [0.1, 0.15) is 0 Å². The zero-order valence-electron chi connectivity index (χ0n) is 26.5. The molecular weight excluding hydrogens is 532 g/mol. The van der Waals surface area contributed by atoms with Gasteiger partial charge in [0.15, 0.2) is 0 Å². The molecule has 5 aliphatic rings. The Hall–Kier alpha value is -0.480. The Kier molecular flexibility index (Phi) is 11.2. The molecule has 0 bridgehead atoms. The summed E-state index contributed by atoms with van der Waals surface area (Å²) in [7, 11) is 4.64. The van der Waals surface area contributed by atoms with Crippen LogP contribution in [0.1, 0.15) is 140 Å². The molecule has 4 saturated carbocycles. The first-order valence-electron chi connectivity index (χ1n) is 17.9. The van der Waals surface area contributed by atoms with Gasteiger partial charge in [0.05, 0.1) is 0 Å². The van der Waals surface area contributed by atoms with Gasteiger partial charge in [-0.15, -0.1) is 0 Å². The van der Waals surface area contributed by atoms with Gasteiger partial charge >= 0.3 is 0 Å². The highest BCUT2D eigenvalue weighted by atomic mass is 31.1. The fraction of sp³-hybridized carbons (Fsp3) is 0.737. The van der Waals surface area contributed by atoms with Crippen LogP contribution in [0, 0.1) is 5.92 Å². The van der Waals surface area contributed by atoms with Gasteiger partial charge in [-0.1, -0.05) is 135 Å². The zero-order chi connectivity index (χ0) is 28.0. The van der Waals surface area contributed by atoms with Crippen LogP contribution in [0.3, 0.4) is 0 Å². The van der Waals surface area contributed by atoms with Crippen molar-refractivity contribution in [1.82, 2.24) is 4.90 Å². The van der Waals surface area contributed by atoms with Crippen LogP contribution in [-0.2, 0) is 0 Å². The molecule has 1 aromatic rings. The minimum Gasteiger partial charge on any atom is -0.301 e. The van der Waals surface area contributed by atoms with Crippen LogP contribution < -0.4 is 5.30 Å². The number of hydrogen-bond donors (Lipinski definition) is 0. The monoisotopic (exact) mass is 591 g/mol. The molecule has 0 radical (unpaired) electrons. The third kappa shape index (κ3) is 7.10. The van der Waals surface area contributed by atoms with Crippen molar-refractivity contribution in [1.29, 1.82) is 0 Å². The summed E-state index contributed by atoms with van der Waals surface area (Å²) in [6.45, 7) is 0. The molecule has 0 amide bonds. The third-order valence-electron chi connectivity index (χ3n) is 11.5. The molecule has 0 heterocycles. The topological polar surface area (TPSA) is 3.24 Å². The van der Waals surface area contributed by atoms with Gasteiger partial charge in [0.25, 0.3) is 0 Å². The number of hydrogen-bond acceptors (Lipinski definition) is 1. The lowest BCUT2D eigenvalue weighted by Gasteiger charge is -2.44. The fourth-order valence-corrected chi connectivity index (χ4v) is 17.7. The molecule has 2 atom stereocenters. The predicted molar refractivity (Wildman–Crippen MR) is 185 cm³/mol. The maximum Gasteiger partial charge on any atom is 0.0452 e. The Bertz CT molecular complexity index is 969. The van der Waals surface area contributed by atoms with Crippen molar-refractivity contribution in [2.45, 2.75) is 157 Å². The summed E-state index contributed by atoms with van der Waals surface area (Å²) in [5.41, 5.74) is 5.60. The third-order valence-corrected chi connectivity index (χ3v) is 18.7. The summed E-state index contributed by atoms with van der Waals surface area (Å²) in [5.74, 6) is 0.565. The van der Waals surface area contributed by atoms with Crippen LogP contribution in [0.2, 0.25) is 0 Å². The average molecular weight is 592 g/mol. The van der Waals surface area contributed by atoms with E-state index in [0.717, 1.165) is 22.6 Å². The molecule has 5 aliphatic carbocycles. The summed E-state index contributed by atoms with van der Waals surface area (Å²) in [5, 5.41) is 3.71. The Morgan fingerprint density at radius 3 is 1.49 bits per heavy atom. The maximum atomic E-state index is 2.66. The minimum atomic E-state index is -0.103. The average Bonchev–Trinajstić information content (AvgIpc) is 3.49. The first-order valence-corrected chi connectivity index (χ1v) is 20.9. The van der Waals surface area contributed by atoms with Gasteiger partial charge in [0, 0.05) is 12.0 Å². The van der Waals surface area contributed by atoms with E-state index in [1.54, 1.807) is 5.56 Å². The molecule has 6 rings (SSSR count). The van der Waals surface area contributed by atoms with Crippen molar-refractivity contribution >= 4 is 21.1 Å². The Labute approximate surface area is 255 Å². The lowest BCUT2D eigenvalue weighted by Crippen LogP contribution is -2.34. The first kappa shape index (κ1) is 30.5. The molecule has 4 fully saturated rings. The summed E-state index contributed by atoms with van der Waals surface area (Å²) >= 11 is 0. The Morgan fingerprint density at radius 2 is 1.02 bits per heavy atom. The van der Waals surface area contributed by atoms with Crippen LogP contribution in [0.15, 0.2) is 47.8 Å². The Balaban J connectivity index is 1.36. The van der Waals surface area contributed by atoms with E-state index < -0.39 is 0 Å². The minimum absolute atomic E-state index is 0.0570. The van der Waals surface area contributed by atoms with E-state index in [1.807, 2.05) is 10.6 Å². The number of allylic oxidation sites excluding steroid dienone is 2. The molecule has 1 unspecified atom stereocenters. The Morgan fingerprint density at radius 1 is 0.585 bits per heavy atom. The van der Waals surface area contributed by atoms with E-state index in [4.69, 9.17) is 0 Å². The molecule has 0 saturated heterocycles. The molecular formula is C38H59NP2. The van der Waals surface area contributed by atoms with Crippen molar-refractivity contribution in [2.24, 2.45) is 5.92 Å². The van der Waals surface area contributed by atoms with Gasteiger partial charge in [-0.25, -0.2) is 0 Å². The number of nitrogens with zero attached hydrogens (tertiary/aromatic N) is 1. The van der Waals surface area contributed by atoms with Gasteiger partial charge in [-0.2, -0.15) is 0 Å². The maximum absolute atomic E-state index is 2.66. The van der Waals surface area contributed by atoms with Gasteiger partial charge in [0.2, 0.25) is 0 Å². The van der Waals surface area contributed by atoms with E-state index in [-0.39, 0.29) is 15.8 Å². The normalized spacial score (nSPS) is 26.8. The van der Waals surface area contributed by atoms with Crippen LogP contribution in [0.4, 0.5) is 0 Å². The summed E-state index contributed by atoms with van der Waals surface area (Å²) < 4.78 is 0. The van der Waals surface area contributed by atoms with Crippen molar-refractivity contribution in [3.05, 3.63) is 53.4 Å². The quantitative estimate of drug-likeness (QED) is 0.258. The molecule has 41 heavy (non-hydrogen) atoms. The second kappa shape index (κ2) is 15.0. The second-order valence-corrected chi connectivity index (χ2v) is 20.0. The standard InChI is InChI=1S/C38H59NP2/c1-39(2)38(35-27-17-29-37(35)41(32-22-11-5-12-23-32)33-24-13-6-14-25-33)34-26-15-16-28-36(34)40(30-18-7-3-8-19-30)31-20-9-4-10-21-31/h15-17,26-33,35,38H,3-14,18-25H2,1-2H3/t35?,38-/m1/s1. The van der Waals surface area contributed by atoms with Gasteiger partial charge in [-0.3, -0.25) is 0 Å². The lowest BCUT2D eigenvalue weighted by atomic mass is 9.92. The molecule has 0 aromatic heterocycles.